The molecule has 0 fully saturated rings. The monoisotopic (exact) mass is 474 g/mol. The lowest BCUT2D eigenvalue weighted by Gasteiger charge is -2.25. The molecule has 5 nitrogen and oxygen atoms in total. The summed E-state index contributed by atoms with van der Waals surface area (Å²) in [7, 11) is 0. The summed E-state index contributed by atoms with van der Waals surface area (Å²) in [4.78, 5) is 4.59. The molecule has 2 unspecified atom stereocenters. The van der Waals surface area contributed by atoms with Gasteiger partial charge in [-0.2, -0.15) is 0 Å². The van der Waals surface area contributed by atoms with E-state index in [1.165, 1.54) is 18.2 Å². The molecule has 0 spiro atoms. The summed E-state index contributed by atoms with van der Waals surface area (Å²) in [6.45, 7) is 11.9. The Kier molecular flexibility index (Phi) is 5.40. The predicted octanol–water partition coefficient (Wildman–Crippen LogP) is 5.61. The van der Waals surface area contributed by atoms with Crippen LogP contribution in [-0.2, 0) is 0 Å². The molecule has 0 aliphatic carbocycles. The minimum atomic E-state index is -1.19. The number of fused-ring (bicyclic) bond motifs is 1. The van der Waals surface area contributed by atoms with Crippen molar-refractivity contribution < 1.29 is 13.9 Å². The lowest BCUT2D eigenvalue weighted by molar-refractivity contribution is 0.0836. The smallest absolute Gasteiger partial charge is 0.155 e. The largest absolute Gasteiger partial charge is 0.383 e. The normalized spacial score (nSPS) is 21.4. The van der Waals surface area contributed by atoms with Crippen molar-refractivity contribution in [2.24, 2.45) is 4.99 Å². The molecule has 0 saturated carbocycles. The van der Waals surface area contributed by atoms with Crippen LogP contribution in [-0.4, -0.2) is 21.2 Å². The Morgan fingerprint density at radius 1 is 1.11 bits per heavy atom. The molecule has 2 aliphatic rings. The van der Waals surface area contributed by atoms with Gasteiger partial charge in [-0.1, -0.05) is 38.6 Å². The summed E-state index contributed by atoms with van der Waals surface area (Å²) < 4.78 is 30.0. The Balaban J connectivity index is 1.54. The number of aryl methyl sites for hydroxylation is 1. The maximum absolute atomic E-state index is 14.7. The van der Waals surface area contributed by atoms with Gasteiger partial charge in [-0.3, -0.25) is 10.1 Å². The molecule has 7 heteroatoms. The van der Waals surface area contributed by atoms with Crippen LogP contribution in [0.4, 0.5) is 8.78 Å². The van der Waals surface area contributed by atoms with Gasteiger partial charge in [0, 0.05) is 17.5 Å². The van der Waals surface area contributed by atoms with Gasteiger partial charge in [0.1, 0.15) is 17.2 Å². The number of nitrogens with one attached hydrogen (secondary N) is 2. The van der Waals surface area contributed by atoms with E-state index in [1.807, 2.05) is 23.9 Å². The summed E-state index contributed by atoms with van der Waals surface area (Å²) in [6, 6.07) is 10.7. The standard InChI is InChI=1S/C28H28F2N4O/c1-15(2)24-21(23-13-28(5,35)26(32-23)18-7-9-19(29)10-8-18)14-34-25(24)17(4)31-27(33-34)20-11-6-16(3)12-22(20)30/h6-15,26,32,35H,4H2,1-3,5H3,(H,31,33). The number of benzene rings is 2. The number of halogens is 2. The molecule has 0 saturated heterocycles. The SMILES string of the molecule is C=C1N=C(c2ccc(C)cc2F)Nn2cc(C3=CC(C)(O)C(c4ccc(F)cc4)N3)c(C(C)C)c21. The molecule has 3 N–H and O–H groups in total. The first-order chi connectivity index (χ1) is 16.5. The van der Waals surface area contributed by atoms with E-state index in [0.29, 0.717) is 17.1 Å². The Morgan fingerprint density at radius 3 is 2.49 bits per heavy atom. The highest BCUT2D eigenvalue weighted by Gasteiger charge is 2.39. The van der Waals surface area contributed by atoms with Gasteiger partial charge in [-0.05, 0) is 66.8 Å². The van der Waals surface area contributed by atoms with Gasteiger partial charge in [-0.25, -0.2) is 13.8 Å². The quantitative estimate of drug-likeness (QED) is 0.461. The molecule has 3 aromatic rings. The first-order valence-corrected chi connectivity index (χ1v) is 11.6. The Morgan fingerprint density at radius 2 is 1.83 bits per heavy atom. The van der Waals surface area contributed by atoms with E-state index >= 15 is 0 Å². The molecular formula is C28H28F2N4O. The van der Waals surface area contributed by atoms with Crippen LogP contribution in [0.5, 0.6) is 0 Å². The number of hydrogen-bond donors (Lipinski definition) is 3. The molecule has 1 aromatic heterocycles. The van der Waals surface area contributed by atoms with Crippen LogP contribution in [0, 0.1) is 18.6 Å². The summed E-state index contributed by atoms with van der Waals surface area (Å²) in [5, 5.41) is 14.6. The molecule has 2 aliphatic heterocycles. The Bertz CT molecular complexity index is 1400. The summed E-state index contributed by atoms with van der Waals surface area (Å²) >= 11 is 0. The lowest BCUT2D eigenvalue weighted by Crippen LogP contribution is -2.33. The van der Waals surface area contributed by atoms with Gasteiger partial charge in [0.25, 0.3) is 0 Å². The molecule has 2 atom stereocenters. The molecule has 180 valence electrons. The van der Waals surface area contributed by atoms with E-state index in [-0.39, 0.29) is 17.6 Å². The molecular weight excluding hydrogens is 446 g/mol. The molecule has 0 amide bonds. The molecule has 0 bridgehead atoms. The van der Waals surface area contributed by atoms with Crippen molar-refractivity contribution in [3.8, 4) is 0 Å². The van der Waals surface area contributed by atoms with Crippen molar-refractivity contribution in [1.29, 1.82) is 0 Å². The predicted molar refractivity (Wildman–Crippen MR) is 135 cm³/mol. The zero-order chi connectivity index (χ0) is 25.1. The number of aliphatic imine (C=N–C) groups is 1. The van der Waals surface area contributed by atoms with Crippen molar-refractivity contribution in [3.63, 3.8) is 0 Å². The zero-order valence-corrected chi connectivity index (χ0v) is 20.2. The van der Waals surface area contributed by atoms with Crippen LogP contribution in [0.15, 0.2) is 66.3 Å². The third-order valence-corrected chi connectivity index (χ3v) is 6.56. The van der Waals surface area contributed by atoms with E-state index in [9.17, 15) is 13.9 Å². The summed E-state index contributed by atoms with van der Waals surface area (Å²) in [6.07, 6.45) is 3.71. The highest BCUT2D eigenvalue weighted by Crippen LogP contribution is 2.42. The van der Waals surface area contributed by atoms with E-state index in [2.05, 4.69) is 36.2 Å². The highest BCUT2D eigenvalue weighted by molar-refractivity contribution is 6.08. The van der Waals surface area contributed by atoms with E-state index in [1.54, 1.807) is 31.2 Å². The van der Waals surface area contributed by atoms with Crippen LogP contribution in [0.2, 0.25) is 0 Å². The van der Waals surface area contributed by atoms with Crippen LogP contribution >= 0.6 is 0 Å². The molecule has 35 heavy (non-hydrogen) atoms. The average molecular weight is 475 g/mol. The van der Waals surface area contributed by atoms with Crippen molar-refractivity contribution in [3.05, 3.63) is 106 Å². The molecule has 0 radical (unpaired) electrons. The van der Waals surface area contributed by atoms with Crippen LogP contribution < -0.4 is 10.7 Å². The molecule has 3 heterocycles. The second kappa shape index (κ2) is 8.20. The topological polar surface area (TPSA) is 61.6 Å². The number of aliphatic hydroxyl groups is 1. The number of rotatable bonds is 4. The second-order valence-corrected chi connectivity index (χ2v) is 9.74. The summed E-state index contributed by atoms with van der Waals surface area (Å²) in [5.41, 5.74) is 7.97. The van der Waals surface area contributed by atoms with Gasteiger partial charge in [0.15, 0.2) is 5.84 Å². The van der Waals surface area contributed by atoms with Crippen molar-refractivity contribution in [1.82, 2.24) is 9.99 Å². The first-order valence-electron chi connectivity index (χ1n) is 11.6. The first kappa shape index (κ1) is 23.1. The van der Waals surface area contributed by atoms with Crippen molar-refractivity contribution in [2.45, 2.75) is 45.3 Å². The second-order valence-electron chi connectivity index (χ2n) is 9.74. The van der Waals surface area contributed by atoms with Gasteiger partial charge >= 0.3 is 0 Å². The Labute approximate surface area is 203 Å². The number of hydrogen-bond acceptors (Lipinski definition) is 4. The van der Waals surface area contributed by atoms with Crippen LogP contribution in [0.3, 0.4) is 0 Å². The van der Waals surface area contributed by atoms with Crippen LogP contribution in [0.25, 0.3) is 11.4 Å². The van der Waals surface area contributed by atoms with Crippen molar-refractivity contribution in [2.75, 3.05) is 5.43 Å². The fraction of sp³-hybridized carbons (Fsp3) is 0.250. The number of aromatic nitrogens is 1. The third kappa shape index (κ3) is 3.96. The van der Waals surface area contributed by atoms with Gasteiger partial charge in [0.2, 0.25) is 0 Å². The minimum absolute atomic E-state index is 0.116. The Hall–Kier alpha value is -3.71. The minimum Gasteiger partial charge on any atom is -0.383 e. The maximum Gasteiger partial charge on any atom is 0.155 e. The molecule has 5 rings (SSSR count). The number of amidine groups is 1. The third-order valence-electron chi connectivity index (χ3n) is 6.56. The number of nitrogens with zero attached hydrogens (tertiary/aromatic N) is 2. The van der Waals surface area contributed by atoms with Gasteiger partial charge in [0.05, 0.1) is 23.0 Å². The van der Waals surface area contributed by atoms with E-state index in [0.717, 1.165) is 33.6 Å². The summed E-state index contributed by atoms with van der Waals surface area (Å²) in [5.74, 6) is -0.193. The van der Waals surface area contributed by atoms with Gasteiger partial charge < -0.3 is 10.4 Å². The van der Waals surface area contributed by atoms with E-state index < -0.39 is 11.6 Å². The fourth-order valence-corrected chi connectivity index (χ4v) is 4.91. The van der Waals surface area contributed by atoms with Crippen LogP contribution in [0.1, 0.15) is 66.2 Å². The van der Waals surface area contributed by atoms with E-state index in [4.69, 9.17) is 0 Å². The van der Waals surface area contributed by atoms with Gasteiger partial charge in [-0.15, -0.1) is 0 Å². The van der Waals surface area contributed by atoms with Crippen molar-refractivity contribution >= 4 is 17.2 Å². The lowest BCUT2D eigenvalue weighted by atomic mass is 9.92. The average Bonchev–Trinajstić information content (AvgIpc) is 3.32. The zero-order valence-electron chi connectivity index (χ0n) is 20.2. The molecule has 2 aromatic carbocycles. The maximum atomic E-state index is 14.7. The highest BCUT2D eigenvalue weighted by atomic mass is 19.1. The fourth-order valence-electron chi connectivity index (χ4n) is 4.91.